The standard InChI is InChI=1S/C14H10Cl2FNO2/c15-10-2-1-3-12(17)9(10)7-20-14(19)8-4-5-11(16)13(18)6-8/h1-6H,7,18H2. The summed E-state index contributed by atoms with van der Waals surface area (Å²) in [7, 11) is 0. The van der Waals surface area contributed by atoms with Crippen LogP contribution in [0.2, 0.25) is 10.0 Å². The third kappa shape index (κ3) is 3.21. The summed E-state index contributed by atoms with van der Waals surface area (Å²) in [6.45, 7) is -0.257. The normalized spacial score (nSPS) is 10.3. The largest absolute Gasteiger partial charge is 0.457 e. The van der Waals surface area contributed by atoms with Crippen LogP contribution in [0.25, 0.3) is 0 Å². The van der Waals surface area contributed by atoms with E-state index >= 15 is 0 Å². The van der Waals surface area contributed by atoms with Crippen LogP contribution in [0, 0.1) is 5.82 Å². The second-order valence-electron chi connectivity index (χ2n) is 4.01. The summed E-state index contributed by atoms with van der Waals surface area (Å²) < 4.78 is 18.5. The van der Waals surface area contributed by atoms with Crippen molar-refractivity contribution in [3.63, 3.8) is 0 Å². The number of halogens is 3. The van der Waals surface area contributed by atoms with Crippen molar-refractivity contribution in [2.75, 3.05) is 5.73 Å². The van der Waals surface area contributed by atoms with E-state index in [1.807, 2.05) is 0 Å². The zero-order chi connectivity index (χ0) is 14.7. The molecule has 0 aliphatic heterocycles. The topological polar surface area (TPSA) is 52.3 Å². The number of hydrogen-bond donors (Lipinski definition) is 1. The molecule has 0 radical (unpaired) electrons. The number of nitrogens with two attached hydrogens (primary N) is 1. The maximum atomic E-state index is 13.5. The Balaban J connectivity index is 2.11. The van der Waals surface area contributed by atoms with Crippen molar-refractivity contribution in [2.45, 2.75) is 6.61 Å². The molecule has 2 N–H and O–H groups in total. The van der Waals surface area contributed by atoms with Crippen molar-refractivity contribution in [1.29, 1.82) is 0 Å². The molecule has 0 spiro atoms. The van der Waals surface area contributed by atoms with Gasteiger partial charge in [-0.05, 0) is 30.3 Å². The Kier molecular flexibility index (Phi) is 4.47. The lowest BCUT2D eigenvalue weighted by Crippen LogP contribution is -2.07. The first-order chi connectivity index (χ1) is 9.49. The summed E-state index contributed by atoms with van der Waals surface area (Å²) in [5.41, 5.74) is 6.23. The summed E-state index contributed by atoms with van der Waals surface area (Å²) in [5, 5.41) is 0.548. The monoisotopic (exact) mass is 313 g/mol. The first-order valence-corrected chi connectivity index (χ1v) is 6.39. The molecule has 0 atom stereocenters. The number of hydrogen-bond acceptors (Lipinski definition) is 3. The van der Waals surface area contributed by atoms with Crippen molar-refractivity contribution >= 4 is 34.9 Å². The molecular weight excluding hydrogens is 304 g/mol. The van der Waals surface area contributed by atoms with Crippen LogP contribution in [0.3, 0.4) is 0 Å². The number of nitrogen functional groups attached to an aromatic ring is 1. The van der Waals surface area contributed by atoms with E-state index in [0.717, 1.165) is 0 Å². The van der Waals surface area contributed by atoms with E-state index in [0.29, 0.717) is 5.02 Å². The number of esters is 1. The quantitative estimate of drug-likeness (QED) is 0.686. The van der Waals surface area contributed by atoms with Crippen molar-refractivity contribution in [3.05, 3.63) is 63.4 Å². The highest BCUT2D eigenvalue weighted by molar-refractivity contribution is 6.33. The van der Waals surface area contributed by atoms with E-state index < -0.39 is 11.8 Å². The summed E-state index contributed by atoms with van der Waals surface area (Å²) >= 11 is 11.6. The molecule has 0 bridgehead atoms. The number of carbonyl (C=O) groups is 1. The molecule has 0 unspecified atom stereocenters. The Bertz CT molecular complexity index is 641. The van der Waals surface area contributed by atoms with Crippen LogP contribution >= 0.6 is 23.2 Å². The van der Waals surface area contributed by atoms with Gasteiger partial charge in [0.1, 0.15) is 12.4 Å². The predicted molar refractivity (Wildman–Crippen MR) is 76.4 cm³/mol. The smallest absolute Gasteiger partial charge is 0.338 e. The summed E-state index contributed by atoms with van der Waals surface area (Å²) in [6, 6.07) is 8.60. The second kappa shape index (κ2) is 6.11. The van der Waals surface area contributed by atoms with E-state index in [9.17, 15) is 9.18 Å². The van der Waals surface area contributed by atoms with Crippen molar-refractivity contribution in [3.8, 4) is 0 Å². The number of carbonyl (C=O) groups excluding carboxylic acids is 1. The van der Waals surface area contributed by atoms with Gasteiger partial charge in [0.15, 0.2) is 0 Å². The second-order valence-corrected chi connectivity index (χ2v) is 4.83. The van der Waals surface area contributed by atoms with Crippen LogP contribution in [-0.4, -0.2) is 5.97 Å². The van der Waals surface area contributed by atoms with Crippen molar-refractivity contribution < 1.29 is 13.9 Å². The molecule has 2 aromatic carbocycles. The predicted octanol–water partition coefficient (Wildman–Crippen LogP) is 4.07. The highest BCUT2D eigenvalue weighted by Gasteiger charge is 2.12. The van der Waals surface area contributed by atoms with Crippen molar-refractivity contribution in [2.24, 2.45) is 0 Å². The van der Waals surface area contributed by atoms with Crippen LogP contribution in [0.15, 0.2) is 36.4 Å². The minimum atomic E-state index is -0.632. The third-order valence-corrected chi connectivity index (χ3v) is 3.34. The SMILES string of the molecule is Nc1cc(C(=O)OCc2c(F)cccc2Cl)ccc1Cl. The molecule has 2 rings (SSSR count). The molecule has 104 valence electrons. The van der Waals surface area contributed by atoms with Crippen LogP contribution < -0.4 is 5.73 Å². The molecule has 0 saturated heterocycles. The van der Waals surface area contributed by atoms with E-state index in [4.69, 9.17) is 33.7 Å². The van der Waals surface area contributed by atoms with Crippen LogP contribution in [0.5, 0.6) is 0 Å². The van der Waals surface area contributed by atoms with Gasteiger partial charge in [-0.15, -0.1) is 0 Å². The number of anilines is 1. The molecule has 0 aromatic heterocycles. The van der Waals surface area contributed by atoms with Crippen LogP contribution in [0.1, 0.15) is 15.9 Å². The van der Waals surface area contributed by atoms with Gasteiger partial charge in [0, 0.05) is 5.56 Å². The number of rotatable bonds is 3. The molecule has 0 heterocycles. The Hall–Kier alpha value is -1.78. The Morgan fingerprint density at radius 3 is 2.60 bits per heavy atom. The maximum Gasteiger partial charge on any atom is 0.338 e. The molecule has 0 amide bonds. The van der Waals surface area contributed by atoms with Gasteiger partial charge in [0.25, 0.3) is 0 Å². The van der Waals surface area contributed by atoms with Crippen LogP contribution in [-0.2, 0) is 11.3 Å². The molecule has 0 aliphatic rings. The Labute approximate surface area is 125 Å². The minimum absolute atomic E-state index is 0.129. The first kappa shape index (κ1) is 14.6. The lowest BCUT2D eigenvalue weighted by molar-refractivity contribution is 0.0469. The molecule has 0 fully saturated rings. The molecule has 3 nitrogen and oxygen atoms in total. The summed E-state index contributed by atoms with van der Waals surface area (Å²) in [4.78, 5) is 11.8. The summed E-state index contributed by atoms with van der Waals surface area (Å²) in [5.74, 6) is -1.16. The molecule has 0 saturated carbocycles. The van der Waals surface area contributed by atoms with Gasteiger partial charge in [0.05, 0.1) is 21.3 Å². The Morgan fingerprint density at radius 2 is 1.95 bits per heavy atom. The van der Waals surface area contributed by atoms with Crippen LogP contribution in [0.4, 0.5) is 10.1 Å². The first-order valence-electron chi connectivity index (χ1n) is 5.64. The highest BCUT2D eigenvalue weighted by Crippen LogP contribution is 2.22. The average molecular weight is 314 g/mol. The van der Waals surface area contributed by atoms with Gasteiger partial charge < -0.3 is 10.5 Å². The fourth-order valence-corrected chi connectivity index (χ4v) is 1.90. The Morgan fingerprint density at radius 1 is 1.20 bits per heavy atom. The average Bonchev–Trinajstić information content (AvgIpc) is 2.41. The van der Waals surface area contributed by atoms with E-state index in [1.54, 1.807) is 0 Å². The van der Waals surface area contributed by atoms with Gasteiger partial charge in [0.2, 0.25) is 0 Å². The third-order valence-electron chi connectivity index (χ3n) is 2.64. The number of ether oxygens (including phenoxy) is 1. The lowest BCUT2D eigenvalue weighted by atomic mass is 10.2. The molecule has 0 aliphatic carbocycles. The molecular formula is C14H10Cl2FNO2. The van der Waals surface area contributed by atoms with Gasteiger partial charge in [-0.1, -0.05) is 29.3 Å². The zero-order valence-corrected chi connectivity index (χ0v) is 11.7. The van der Waals surface area contributed by atoms with Gasteiger partial charge in [-0.2, -0.15) is 0 Å². The molecule has 6 heteroatoms. The zero-order valence-electron chi connectivity index (χ0n) is 10.2. The van der Waals surface area contributed by atoms with Gasteiger partial charge in [-0.25, -0.2) is 9.18 Å². The summed E-state index contributed by atoms with van der Waals surface area (Å²) in [6.07, 6.45) is 0. The minimum Gasteiger partial charge on any atom is -0.457 e. The maximum absolute atomic E-state index is 13.5. The van der Waals surface area contributed by atoms with E-state index in [1.165, 1.54) is 36.4 Å². The molecule has 20 heavy (non-hydrogen) atoms. The fraction of sp³-hybridized carbons (Fsp3) is 0.0714. The lowest BCUT2D eigenvalue weighted by Gasteiger charge is -2.08. The highest BCUT2D eigenvalue weighted by atomic mass is 35.5. The molecule has 2 aromatic rings. The van der Waals surface area contributed by atoms with Gasteiger partial charge in [-0.3, -0.25) is 0 Å². The number of benzene rings is 2. The van der Waals surface area contributed by atoms with Crippen molar-refractivity contribution in [1.82, 2.24) is 0 Å². The van der Waals surface area contributed by atoms with E-state index in [-0.39, 0.29) is 28.4 Å². The fourth-order valence-electron chi connectivity index (χ4n) is 1.56. The van der Waals surface area contributed by atoms with Gasteiger partial charge >= 0.3 is 5.97 Å². The van der Waals surface area contributed by atoms with E-state index in [2.05, 4.69) is 0 Å².